The van der Waals surface area contributed by atoms with Crippen LogP contribution in [0, 0.1) is 6.92 Å². The molecule has 0 aliphatic rings. The van der Waals surface area contributed by atoms with E-state index in [0.717, 1.165) is 21.7 Å². The topological polar surface area (TPSA) is 71.1 Å². The Balaban J connectivity index is 1.64. The second-order valence-electron chi connectivity index (χ2n) is 5.94. The number of nitrogens with one attached hydrogen (secondary N) is 2. The molecule has 0 saturated carbocycles. The second-order valence-corrected chi connectivity index (χ2v) is 6.94. The molecule has 0 aliphatic heterocycles. The van der Waals surface area contributed by atoms with Gasteiger partial charge in [-0.1, -0.05) is 60.7 Å². The molecule has 2 amide bonds. The van der Waals surface area contributed by atoms with Gasteiger partial charge in [-0.2, -0.15) is 0 Å². The molecule has 0 saturated heterocycles. The predicted molar refractivity (Wildman–Crippen MR) is 108 cm³/mol. The number of hydrogen-bond acceptors (Lipinski definition) is 4. The summed E-state index contributed by atoms with van der Waals surface area (Å²) in [4.78, 5) is 29.4. The molecule has 1 aromatic heterocycles. The van der Waals surface area contributed by atoms with Crippen molar-refractivity contribution in [2.24, 2.45) is 0 Å². The highest BCUT2D eigenvalue weighted by atomic mass is 32.1. The minimum atomic E-state index is -0.393. The smallest absolute Gasteiger partial charge is 0.268 e. The van der Waals surface area contributed by atoms with Gasteiger partial charge < -0.3 is 0 Å². The van der Waals surface area contributed by atoms with E-state index in [1.165, 1.54) is 17.4 Å². The lowest BCUT2D eigenvalue weighted by molar-refractivity contribution is -0.117. The van der Waals surface area contributed by atoms with E-state index in [-0.39, 0.29) is 5.91 Å². The first kappa shape index (κ1) is 18.5. The van der Waals surface area contributed by atoms with Crippen LogP contribution in [0.25, 0.3) is 16.1 Å². The van der Waals surface area contributed by atoms with Crippen LogP contribution in [-0.4, -0.2) is 16.8 Å². The third-order valence-corrected chi connectivity index (χ3v) is 5.10. The summed E-state index contributed by atoms with van der Waals surface area (Å²) in [7, 11) is 0. The second kappa shape index (κ2) is 8.42. The number of aryl methyl sites for hydroxylation is 1. The van der Waals surface area contributed by atoms with Gasteiger partial charge in [-0.3, -0.25) is 20.4 Å². The number of amides is 2. The summed E-state index contributed by atoms with van der Waals surface area (Å²) in [6, 6.07) is 19.2. The average molecular weight is 377 g/mol. The van der Waals surface area contributed by atoms with E-state index in [9.17, 15) is 9.59 Å². The van der Waals surface area contributed by atoms with Gasteiger partial charge in [0.05, 0.1) is 5.69 Å². The molecular weight excluding hydrogens is 358 g/mol. The zero-order valence-electron chi connectivity index (χ0n) is 15.0. The number of hydrogen-bond donors (Lipinski definition) is 2. The number of hydrazine groups is 1. The summed E-state index contributed by atoms with van der Waals surface area (Å²) in [6.07, 6.45) is 1.45. The number of rotatable bonds is 4. The highest BCUT2D eigenvalue weighted by molar-refractivity contribution is 7.17. The van der Waals surface area contributed by atoms with Crippen molar-refractivity contribution in [3.8, 4) is 10.6 Å². The van der Waals surface area contributed by atoms with Gasteiger partial charge >= 0.3 is 0 Å². The van der Waals surface area contributed by atoms with Crippen molar-refractivity contribution in [1.82, 2.24) is 15.8 Å². The SMILES string of the molecule is C/C(=C\C(=O)NNC(=O)c1sc(-c2ccccc2)nc1C)c1ccccc1. The summed E-state index contributed by atoms with van der Waals surface area (Å²) in [5, 5.41) is 0.768. The lowest BCUT2D eigenvalue weighted by atomic mass is 10.1. The molecule has 0 radical (unpaired) electrons. The zero-order valence-corrected chi connectivity index (χ0v) is 15.8. The molecule has 6 heteroatoms. The Morgan fingerprint density at radius 2 is 1.59 bits per heavy atom. The number of thiazole rings is 1. The molecular formula is C21H19N3O2S. The van der Waals surface area contributed by atoms with Gasteiger partial charge in [0.2, 0.25) is 0 Å². The Morgan fingerprint density at radius 3 is 2.26 bits per heavy atom. The number of nitrogens with zero attached hydrogens (tertiary/aromatic N) is 1. The molecule has 0 spiro atoms. The van der Waals surface area contributed by atoms with Crippen LogP contribution in [0.15, 0.2) is 66.7 Å². The summed E-state index contributed by atoms with van der Waals surface area (Å²) >= 11 is 1.29. The van der Waals surface area contributed by atoms with E-state index in [0.29, 0.717) is 10.6 Å². The number of aromatic nitrogens is 1. The van der Waals surface area contributed by atoms with Crippen molar-refractivity contribution in [3.63, 3.8) is 0 Å². The first-order chi connectivity index (χ1) is 13.0. The molecule has 0 aliphatic carbocycles. The van der Waals surface area contributed by atoms with E-state index < -0.39 is 5.91 Å². The fraction of sp³-hybridized carbons (Fsp3) is 0.0952. The van der Waals surface area contributed by atoms with E-state index in [4.69, 9.17) is 0 Å². The number of carbonyl (C=O) groups excluding carboxylic acids is 2. The fourth-order valence-corrected chi connectivity index (χ4v) is 3.47. The fourth-order valence-electron chi connectivity index (χ4n) is 2.50. The Kier molecular flexibility index (Phi) is 5.78. The van der Waals surface area contributed by atoms with Gasteiger partial charge in [-0.05, 0) is 25.0 Å². The molecule has 3 aromatic rings. The predicted octanol–water partition coefficient (Wildman–Crippen LogP) is 3.98. The molecule has 5 nitrogen and oxygen atoms in total. The van der Waals surface area contributed by atoms with Gasteiger partial charge in [-0.15, -0.1) is 11.3 Å². The number of carbonyl (C=O) groups is 2. The van der Waals surface area contributed by atoms with Crippen LogP contribution in [0.3, 0.4) is 0 Å². The Labute approximate surface area is 161 Å². The third-order valence-electron chi connectivity index (χ3n) is 3.90. The Morgan fingerprint density at radius 1 is 0.963 bits per heavy atom. The van der Waals surface area contributed by atoms with Crippen molar-refractivity contribution in [1.29, 1.82) is 0 Å². The normalized spacial score (nSPS) is 11.1. The van der Waals surface area contributed by atoms with Gasteiger partial charge in [0.1, 0.15) is 9.88 Å². The molecule has 0 fully saturated rings. The molecule has 136 valence electrons. The highest BCUT2D eigenvalue weighted by Gasteiger charge is 2.16. The van der Waals surface area contributed by atoms with Gasteiger partial charge in [-0.25, -0.2) is 4.98 Å². The van der Waals surface area contributed by atoms with Crippen LogP contribution >= 0.6 is 11.3 Å². The minimum Gasteiger partial charge on any atom is -0.268 e. The maximum Gasteiger partial charge on any atom is 0.281 e. The van der Waals surface area contributed by atoms with Crippen molar-refractivity contribution in [2.45, 2.75) is 13.8 Å². The molecule has 2 N–H and O–H groups in total. The molecule has 0 unspecified atom stereocenters. The molecule has 0 atom stereocenters. The van der Waals surface area contributed by atoms with Gasteiger partial charge in [0, 0.05) is 11.6 Å². The third kappa shape index (κ3) is 4.68. The van der Waals surface area contributed by atoms with Crippen LogP contribution in [0.4, 0.5) is 0 Å². The van der Waals surface area contributed by atoms with Gasteiger partial charge in [0.25, 0.3) is 11.8 Å². The van der Waals surface area contributed by atoms with Crippen LogP contribution in [0.1, 0.15) is 27.9 Å². The van der Waals surface area contributed by atoms with E-state index >= 15 is 0 Å². The molecule has 0 bridgehead atoms. The molecule has 1 heterocycles. The maximum atomic E-state index is 12.4. The maximum absolute atomic E-state index is 12.4. The summed E-state index contributed by atoms with van der Waals surface area (Å²) in [5.74, 6) is -0.776. The first-order valence-corrected chi connectivity index (χ1v) is 9.23. The number of benzene rings is 2. The Bertz CT molecular complexity index is 979. The quantitative estimate of drug-likeness (QED) is 0.534. The van der Waals surface area contributed by atoms with Crippen molar-refractivity contribution < 1.29 is 9.59 Å². The van der Waals surface area contributed by atoms with Crippen molar-refractivity contribution in [3.05, 3.63) is 82.9 Å². The van der Waals surface area contributed by atoms with Gasteiger partial charge in [0.15, 0.2) is 0 Å². The lowest BCUT2D eigenvalue weighted by Gasteiger charge is -2.05. The standard InChI is InChI=1S/C21H19N3O2S/c1-14(16-9-5-3-6-10-16)13-18(25)23-24-20(26)19-15(2)22-21(27-19)17-11-7-4-8-12-17/h3-13H,1-2H3,(H,23,25)(H,24,26)/b14-13+. The Hall–Kier alpha value is -3.25. The summed E-state index contributed by atoms with van der Waals surface area (Å²) < 4.78 is 0. The van der Waals surface area contributed by atoms with Crippen LogP contribution < -0.4 is 10.9 Å². The zero-order chi connectivity index (χ0) is 19.2. The largest absolute Gasteiger partial charge is 0.281 e. The average Bonchev–Trinajstić information content (AvgIpc) is 3.09. The molecule has 3 rings (SSSR count). The molecule has 2 aromatic carbocycles. The van der Waals surface area contributed by atoms with Crippen LogP contribution in [0.5, 0.6) is 0 Å². The van der Waals surface area contributed by atoms with Crippen LogP contribution in [-0.2, 0) is 4.79 Å². The number of allylic oxidation sites excluding steroid dienone is 1. The van der Waals surface area contributed by atoms with Crippen LogP contribution in [0.2, 0.25) is 0 Å². The monoisotopic (exact) mass is 377 g/mol. The molecule has 27 heavy (non-hydrogen) atoms. The first-order valence-electron chi connectivity index (χ1n) is 8.41. The minimum absolute atomic E-state index is 0.383. The van der Waals surface area contributed by atoms with E-state index in [1.54, 1.807) is 6.92 Å². The van der Waals surface area contributed by atoms with Crippen molar-refractivity contribution >= 4 is 28.7 Å². The van der Waals surface area contributed by atoms with E-state index in [1.807, 2.05) is 67.6 Å². The van der Waals surface area contributed by atoms with E-state index in [2.05, 4.69) is 15.8 Å². The summed E-state index contributed by atoms with van der Waals surface area (Å²) in [5.41, 5.74) is 8.21. The lowest BCUT2D eigenvalue weighted by Crippen LogP contribution is -2.40. The highest BCUT2D eigenvalue weighted by Crippen LogP contribution is 2.27. The summed E-state index contributed by atoms with van der Waals surface area (Å²) in [6.45, 7) is 3.62. The van der Waals surface area contributed by atoms with Crippen molar-refractivity contribution in [2.75, 3.05) is 0 Å².